The van der Waals surface area contributed by atoms with Crippen LogP contribution in [0.4, 0.5) is 11.5 Å². The molecule has 0 saturated carbocycles. The average Bonchev–Trinajstić information content (AvgIpc) is 2.77. The number of rotatable bonds is 2. The highest BCUT2D eigenvalue weighted by molar-refractivity contribution is 5.72. The fraction of sp³-hybridized carbons (Fsp3) is 0. The molecule has 7 nitrogen and oxygen atoms in total. The molecule has 0 aliphatic rings. The van der Waals surface area contributed by atoms with Crippen LogP contribution in [0, 0.1) is 11.3 Å². The maximum Gasteiger partial charge on any atom is 0.254 e. The Bertz CT molecular complexity index is 873. The molecule has 2 heterocycles. The Balaban J connectivity index is 2.19. The van der Waals surface area contributed by atoms with E-state index in [1.807, 2.05) is 36.4 Å². The minimum atomic E-state index is -0.502. The van der Waals surface area contributed by atoms with E-state index in [2.05, 4.69) is 15.4 Å². The van der Waals surface area contributed by atoms with Crippen LogP contribution in [0.2, 0.25) is 0 Å². The Kier molecular flexibility index (Phi) is 2.62. The van der Waals surface area contributed by atoms with Crippen LogP contribution in [0.15, 0.2) is 41.2 Å². The molecule has 3 rings (SSSR count). The van der Waals surface area contributed by atoms with Crippen LogP contribution in [-0.4, -0.2) is 19.7 Å². The van der Waals surface area contributed by atoms with Gasteiger partial charge in [-0.3, -0.25) is 4.79 Å². The number of H-pyrrole nitrogens is 1. The monoisotopic (exact) mass is 267 g/mol. The van der Waals surface area contributed by atoms with E-state index in [9.17, 15) is 15.2 Å². The highest BCUT2D eigenvalue weighted by atomic mass is 16.3. The van der Waals surface area contributed by atoms with Gasteiger partial charge in [0, 0.05) is 5.69 Å². The molecule has 0 unspecified atom stereocenters. The van der Waals surface area contributed by atoms with Crippen molar-refractivity contribution in [3.63, 3.8) is 0 Å². The van der Waals surface area contributed by atoms with E-state index in [1.54, 1.807) is 0 Å². The van der Waals surface area contributed by atoms with Gasteiger partial charge in [-0.2, -0.15) is 9.78 Å². The van der Waals surface area contributed by atoms with E-state index in [0.717, 1.165) is 16.3 Å². The number of benzene rings is 1. The fourth-order valence-corrected chi connectivity index (χ4v) is 1.88. The lowest BCUT2D eigenvalue weighted by molar-refractivity contribution is 0.434. The van der Waals surface area contributed by atoms with Crippen molar-refractivity contribution in [3.05, 3.63) is 52.3 Å². The zero-order chi connectivity index (χ0) is 14.1. The number of nitrogens with one attached hydrogen (secondary N) is 2. The molecule has 0 atom stereocenters. The molecule has 7 heteroatoms. The summed E-state index contributed by atoms with van der Waals surface area (Å²) in [5.74, 6) is -0.0720. The van der Waals surface area contributed by atoms with Gasteiger partial charge in [-0.25, -0.2) is 0 Å². The highest BCUT2D eigenvalue weighted by Gasteiger charge is 2.16. The van der Waals surface area contributed by atoms with Gasteiger partial charge in [0.15, 0.2) is 11.5 Å². The van der Waals surface area contributed by atoms with Gasteiger partial charge in [0.05, 0.1) is 6.07 Å². The third-order valence-corrected chi connectivity index (χ3v) is 2.75. The Labute approximate surface area is 112 Å². The molecule has 0 saturated heterocycles. The summed E-state index contributed by atoms with van der Waals surface area (Å²) in [6.07, 6.45) is 0. The second-order valence-corrected chi connectivity index (χ2v) is 4.08. The lowest BCUT2D eigenvalue weighted by Crippen LogP contribution is -2.07. The molecule has 0 radical (unpaired) electrons. The molecule has 20 heavy (non-hydrogen) atoms. The fourth-order valence-electron chi connectivity index (χ4n) is 1.88. The Morgan fingerprint density at radius 3 is 2.80 bits per heavy atom. The van der Waals surface area contributed by atoms with Crippen LogP contribution in [0.3, 0.4) is 0 Å². The van der Waals surface area contributed by atoms with Gasteiger partial charge in [-0.1, -0.05) is 18.2 Å². The van der Waals surface area contributed by atoms with Gasteiger partial charge in [-0.15, -0.1) is 5.10 Å². The number of hydrogen-bond acceptors (Lipinski definition) is 5. The second-order valence-electron chi connectivity index (χ2n) is 4.08. The first-order valence-corrected chi connectivity index (χ1v) is 5.76. The maximum absolute atomic E-state index is 11.4. The van der Waals surface area contributed by atoms with Crippen LogP contribution in [0.5, 0.6) is 5.88 Å². The van der Waals surface area contributed by atoms with Gasteiger partial charge in [-0.05, 0) is 12.1 Å². The average molecular weight is 267 g/mol. The number of aromatic amines is 1. The summed E-state index contributed by atoms with van der Waals surface area (Å²) >= 11 is 0. The topological polar surface area (TPSA) is 106 Å². The number of aromatic nitrogens is 3. The van der Waals surface area contributed by atoms with E-state index in [0.29, 0.717) is 0 Å². The lowest BCUT2D eigenvalue weighted by atomic mass is 10.3. The van der Waals surface area contributed by atoms with Crippen LogP contribution in [-0.2, 0) is 0 Å². The predicted molar refractivity (Wildman–Crippen MR) is 71.9 cm³/mol. The van der Waals surface area contributed by atoms with Crippen molar-refractivity contribution in [3.8, 4) is 11.9 Å². The first-order valence-electron chi connectivity index (χ1n) is 5.76. The van der Waals surface area contributed by atoms with Gasteiger partial charge in [0.25, 0.3) is 5.56 Å². The Morgan fingerprint density at radius 2 is 2.10 bits per heavy atom. The van der Waals surface area contributed by atoms with E-state index < -0.39 is 5.56 Å². The SMILES string of the molecule is N#Cc1c(Nc2ccccc2)nn2c(O)cc(=O)[nH]c12. The summed E-state index contributed by atoms with van der Waals surface area (Å²) in [5.41, 5.74) is 0.546. The van der Waals surface area contributed by atoms with Crippen molar-refractivity contribution >= 4 is 17.2 Å². The van der Waals surface area contributed by atoms with Crippen LogP contribution in [0.1, 0.15) is 5.56 Å². The summed E-state index contributed by atoms with van der Waals surface area (Å²) < 4.78 is 1.10. The Morgan fingerprint density at radius 1 is 1.35 bits per heavy atom. The number of fused-ring (bicyclic) bond motifs is 1. The molecule has 1 aromatic carbocycles. The first kappa shape index (κ1) is 11.8. The van der Waals surface area contributed by atoms with Crippen molar-refractivity contribution in [2.75, 3.05) is 5.32 Å². The first-order chi connectivity index (χ1) is 9.69. The smallest absolute Gasteiger partial charge is 0.254 e. The van der Waals surface area contributed by atoms with E-state index in [-0.39, 0.29) is 22.9 Å². The van der Waals surface area contributed by atoms with E-state index >= 15 is 0 Å². The number of aromatic hydroxyl groups is 1. The summed E-state index contributed by atoms with van der Waals surface area (Å²) in [4.78, 5) is 13.8. The molecule has 3 N–H and O–H groups in total. The van der Waals surface area contributed by atoms with Crippen LogP contribution in [0.25, 0.3) is 5.65 Å². The van der Waals surface area contributed by atoms with Crippen LogP contribution >= 0.6 is 0 Å². The maximum atomic E-state index is 11.4. The molecular weight excluding hydrogens is 258 g/mol. The normalized spacial score (nSPS) is 10.3. The third kappa shape index (κ3) is 1.85. The number of nitrogens with zero attached hydrogens (tertiary/aromatic N) is 3. The number of anilines is 2. The Hall–Kier alpha value is -3.27. The highest BCUT2D eigenvalue weighted by Crippen LogP contribution is 2.23. The molecule has 0 bridgehead atoms. The summed E-state index contributed by atoms with van der Waals surface area (Å²) in [6, 6.07) is 12.1. The van der Waals surface area contributed by atoms with Crippen molar-refractivity contribution in [2.24, 2.45) is 0 Å². The minimum absolute atomic E-state index is 0.149. The van der Waals surface area contributed by atoms with Gasteiger partial charge < -0.3 is 15.4 Å². The summed E-state index contributed by atoms with van der Waals surface area (Å²) in [6.45, 7) is 0. The largest absolute Gasteiger partial charge is 0.493 e. The molecule has 98 valence electrons. The summed E-state index contributed by atoms with van der Waals surface area (Å²) in [7, 11) is 0. The summed E-state index contributed by atoms with van der Waals surface area (Å²) in [5, 5.41) is 26.0. The van der Waals surface area contributed by atoms with Crippen molar-refractivity contribution in [2.45, 2.75) is 0 Å². The van der Waals surface area contributed by atoms with Gasteiger partial charge in [0.2, 0.25) is 5.88 Å². The van der Waals surface area contributed by atoms with E-state index in [1.165, 1.54) is 0 Å². The third-order valence-electron chi connectivity index (χ3n) is 2.75. The number of nitriles is 1. The molecule has 3 aromatic rings. The molecule has 0 amide bonds. The molecule has 0 spiro atoms. The predicted octanol–water partition coefficient (Wildman–Crippen LogP) is 1.34. The van der Waals surface area contributed by atoms with Crippen LogP contribution < -0.4 is 10.9 Å². The second kappa shape index (κ2) is 4.44. The van der Waals surface area contributed by atoms with Gasteiger partial charge in [0.1, 0.15) is 11.6 Å². The molecular formula is C13H9N5O2. The standard InChI is InChI=1S/C13H9N5O2/c14-7-9-12(15-8-4-2-1-3-5-8)17-18-11(20)6-10(19)16-13(9)18/h1-6,20H,(H,15,17)(H,16,19). The van der Waals surface area contributed by atoms with Crippen molar-refractivity contribution < 1.29 is 5.11 Å². The zero-order valence-corrected chi connectivity index (χ0v) is 10.2. The number of para-hydroxylation sites is 1. The molecule has 0 aliphatic heterocycles. The molecule has 2 aromatic heterocycles. The quantitative estimate of drug-likeness (QED) is 0.649. The van der Waals surface area contributed by atoms with Crippen molar-refractivity contribution in [1.29, 1.82) is 5.26 Å². The number of hydrogen-bond donors (Lipinski definition) is 3. The lowest BCUT2D eigenvalue weighted by Gasteiger charge is -2.01. The van der Waals surface area contributed by atoms with Gasteiger partial charge >= 0.3 is 0 Å². The van der Waals surface area contributed by atoms with Crippen molar-refractivity contribution in [1.82, 2.24) is 14.6 Å². The molecule has 0 fully saturated rings. The minimum Gasteiger partial charge on any atom is -0.493 e. The zero-order valence-electron chi connectivity index (χ0n) is 10.2. The van der Waals surface area contributed by atoms with E-state index in [4.69, 9.17) is 0 Å². The molecule has 0 aliphatic carbocycles.